The van der Waals surface area contributed by atoms with Crippen LogP contribution in [0, 0.1) is 0 Å². The highest BCUT2D eigenvalue weighted by Crippen LogP contribution is 2.33. The quantitative estimate of drug-likeness (QED) is 0.859. The van der Waals surface area contributed by atoms with Crippen LogP contribution < -0.4 is 14.8 Å². The number of hydrogen-bond donors (Lipinski definition) is 1. The molecule has 1 aliphatic rings. The Kier molecular flexibility index (Phi) is 4.88. The van der Waals surface area contributed by atoms with Crippen LogP contribution in [0.4, 0.5) is 0 Å². The van der Waals surface area contributed by atoms with Crippen LogP contribution in [0.5, 0.6) is 11.5 Å². The van der Waals surface area contributed by atoms with Gasteiger partial charge in [0.05, 0.1) is 18.6 Å². The van der Waals surface area contributed by atoms with Crippen LogP contribution in [0.1, 0.15) is 18.9 Å². The van der Waals surface area contributed by atoms with Crippen molar-refractivity contribution in [3.8, 4) is 11.5 Å². The predicted molar refractivity (Wildman–Crippen MR) is 78.1 cm³/mol. The maximum atomic E-state index is 11.5. The lowest BCUT2D eigenvalue weighted by Crippen LogP contribution is -2.20. The molecule has 0 radical (unpaired) electrons. The van der Waals surface area contributed by atoms with Gasteiger partial charge in [0.2, 0.25) is 0 Å². The fraction of sp³-hybridized carbons (Fsp3) is 0.571. The molecule has 0 aliphatic carbocycles. The Bertz CT molecular complexity index is 556. The average Bonchev–Trinajstić information content (AvgIpc) is 2.76. The SMILES string of the molecule is CCNCc1cccc(OC)c1OC1CCS(=O)(=O)C1. The number of nitrogens with one attached hydrogen (secondary N) is 1. The first-order chi connectivity index (χ1) is 9.55. The maximum Gasteiger partial charge on any atom is 0.166 e. The molecule has 1 unspecified atom stereocenters. The molecule has 1 aromatic carbocycles. The Morgan fingerprint density at radius 2 is 2.20 bits per heavy atom. The summed E-state index contributed by atoms with van der Waals surface area (Å²) >= 11 is 0. The van der Waals surface area contributed by atoms with E-state index in [9.17, 15) is 8.42 Å². The number of sulfone groups is 1. The van der Waals surface area contributed by atoms with Crippen molar-refractivity contribution in [3.63, 3.8) is 0 Å². The van der Waals surface area contributed by atoms with Crippen molar-refractivity contribution in [1.82, 2.24) is 5.32 Å². The summed E-state index contributed by atoms with van der Waals surface area (Å²) < 4.78 is 34.3. The molecule has 5 nitrogen and oxygen atoms in total. The molecule has 2 rings (SSSR count). The Morgan fingerprint density at radius 3 is 2.80 bits per heavy atom. The van der Waals surface area contributed by atoms with Gasteiger partial charge in [0, 0.05) is 12.1 Å². The number of methoxy groups -OCH3 is 1. The van der Waals surface area contributed by atoms with Crippen molar-refractivity contribution in [2.24, 2.45) is 0 Å². The molecule has 0 spiro atoms. The summed E-state index contributed by atoms with van der Waals surface area (Å²) in [6.07, 6.45) is 0.262. The van der Waals surface area contributed by atoms with Crippen molar-refractivity contribution in [2.75, 3.05) is 25.2 Å². The van der Waals surface area contributed by atoms with E-state index in [0.29, 0.717) is 24.5 Å². The number of ether oxygens (including phenoxy) is 2. The van der Waals surface area contributed by atoms with E-state index in [4.69, 9.17) is 9.47 Å². The van der Waals surface area contributed by atoms with Gasteiger partial charge in [-0.2, -0.15) is 0 Å². The van der Waals surface area contributed by atoms with Crippen molar-refractivity contribution in [1.29, 1.82) is 0 Å². The van der Waals surface area contributed by atoms with Gasteiger partial charge >= 0.3 is 0 Å². The van der Waals surface area contributed by atoms with Crippen LogP contribution in [0.2, 0.25) is 0 Å². The van der Waals surface area contributed by atoms with Crippen LogP contribution in [0.15, 0.2) is 18.2 Å². The molecule has 1 atom stereocenters. The first-order valence-electron chi connectivity index (χ1n) is 6.79. The third-order valence-corrected chi connectivity index (χ3v) is 5.06. The first kappa shape index (κ1) is 15.1. The van der Waals surface area contributed by atoms with E-state index < -0.39 is 9.84 Å². The van der Waals surface area contributed by atoms with Gasteiger partial charge in [0.25, 0.3) is 0 Å². The molecule has 0 bridgehead atoms. The number of para-hydroxylation sites is 1. The van der Waals surface area contributed by atoms with E-state index in [1.807, 2.05) is 25.1 Å². The van der Waals surface area contributed by atoms with Gasteiger partial charge in [-0.25, -0.2) is 8.42 Å². The maximum absolute atomic E-state index is 11.5. The van der Waals surface area contributed by atoms with Crippen LogP contribution in [0.3, 0.4) is 0 Å². The summed E-state index contributed by atoms with van der Waals surface area (Å²) in [6.45, 7) is 3.56. The van der Waals surface area contributed by atoms with E-state index in [1.54, 1.807) is 7.11 Å². The van der Waals surface area contributed by atoms with Crippen molar-refractivity contribution < 1.29 is 17.9 Å². The zero-order valence-electron chi connectivity index (χ0n) is 11.9. The van der Waals surface area contributed by atoms with Crippen molar-refractivity contribution in [3.05, 3.63) is 23.8 Å². The van der Waals surface area contributed by atoms with E-state index >= 15 is 0 Å². The molecule has 1 fully saturated rings. The third kappa shape index (κ3) is 3.64. The molecule has 0 saturated carbocycles. The van der Waals surface area contributed by atoms with E-state index in [0.717, 1.165) is 12.1 Å². The Balaban J connectivity index is 2.20. The van der Waals surface area contributed by atoms with Gasteiger partial charge in [-0.15, -0.1) is 0 Å². The zero-order chi connectivity index (χ0) is 14.6. The Morgan fingerprint density at radius 1 is 1.40 bits per heavy atom. The second kappa shape index (κ2) is 6.45. The minimum absolute atomic E-state index is 0.0890. The van der Waals surface area contributed by atoms with Crippen LogP contribution in [0.25, 0.3) is 0 Å². The number of rotatable bonds is 6. The fourth-order valence-electron chi connectivity index (χ4n) is 2.28. The fourth-order valence-corrected chi connectivity index (χ4v) is 3.87. The molecule has 20 heavy (non-hydrogen) atoms. The van der Waals surface area contributed by atoms with Gasteiger partial charge < -0.3 is 14.8 Å². The summed E-state index contributed by atoms with van der Waals surface area (Å²) in [6, 6.07) is 5.70. The number of hydrogen-bond acceptors (Lipinski definition) is 5. The van der Waals surface area contributed by atoms with E-state index in [-0.39, 0.29) is 17.6 Å². The van der Waals surface area contributed by atoms with Crippen LogP contribution in [-0.4, -0.2) is 39.7 Å². The smallest absolute Gasteiger partial charge is 0.166 e. The minimum Gasteiger partial charge on any atom is -0.493 e. The molecule has 112 valence electrons. The third-order valence-electron chi connectivity index (χ3n) is 3.32. The van der Waals surface area contributed by atoms with Gasteiger partial charge in [0.15, 0.2) is 21.3 Å². The number of benzene rings is 1. The molecular weight excluding hydrogens is 278 g/mol. The van der Waals surface area contributed by atoms with Gasteiger partial charge in [-0.3, -0.25) is 0 Å². The molecule has 1 saturated heterocycles. The van der Waals surface area contributed by atoms with Crippen LogP contribution >= 0.6 is 0 Å². The molecule has 1 aliphatic heterocycles. The van der Waals surface area contributed by atoms with Crippen molar-refractivity contribution >= 4 is 9.84 Å². The van der Waals surface area contributed by atoms with Crippen LogP contribution in [-0.2, 0) is 16.4 Å². The molecular formula is C14H21NO4S. The highest BCUT2D eigenvalue weighted by atomic mass is 32.2. The second-order valence-corrected chi connectivity index (χ2v) is 7.10. The minimum atomic E-state index is -2.95. The normalized spacial score (nSPS) is 20.8. The van der Waals surface area contributed by atoms with Crippen molar-refractivity contribution in [2.45, 2.75) is 26.0 Å². The Labute approximate surface area is 120 Å². The monoisotopic (exact) mass is 299 g/mol. The molecule has 1 heterocycles. The molecule has 6 heteroatoms. The lowest BCUT2D eigenvalue weighted by Gasteiger charge is -2.18. The highest BCUT2D eigenvalue weighted by molar-refractivity contribution is 7.91. The van der Waals surface area contributed by atoms with E-state index in [2.05, 4.69) is 5.32 Å². The summed E-state index contributed by atoms with van der Waals surface area (Å²) in [5.74, 6) is 1.59. The summed E-state index contributed by atoms with van der Waals surface area (Å²) in [5, 5.41) is 3.24. The summed E-state index contributed by atoms with van der Waals surface area (Å²) in [5.41, 5.74) is 0.982. The lowest BCUT2D eigenvalue weighted by molar-refractivity contribution is 0.215. The summed E-state index contributed by atoms with van der Waals surface area (Å²) in [4.78, 5) is 0. The van der Waals surface area contributed by atoms with Gasteiger partial charge in [-0.05, 0) is 19.0 Å². The molecule has 1 N–H and O–H groups in total. The average molecular weight is 299 g/mol. The van der Waals surface area contributed by atoms with E-state index in [1.165, 1.54) is 0 Å². The lowest BCUT2D eigenvalue weighted by atomic mass is 10.1. The predicted octanol–water partition coefficient (Wildman–Crippen LogP) is 1.37. The molecule has 0 aromatic heterocycles. The van der Waals surface area contributed by atoms with Gasteiger partial charge in [-0.1, -0.05) is 19.1 Å². The Hall–Kier alpha value is -1.27. The first-order valence-corrected chi connectivity index (χ1v) is 8.61. The standard InChI is InChI=1S/C14H21NO4S/c1-3-15-9-11-5-4-6-13(18-2)14(11)19-12-7-8-20(16,17)10-12/h4-6,12,15H,3,7-10H2,1-2H3. The molecule has 0 amide bonds. The van der Waals surface area contributed by atoms with Gasteiger partial charge in [0.1, 0.15) is 6.10 Å². The second-order valence-electron chi connectivity index (χ2n) is 4.87. The summed E-state index contributed by atoms with van der Waals surface area (Å²) in [7, 11) is -1.36. The highest BCUT2D eigenvalue weighted by Gasteiger charge is 2.30. The zero-order valence-corrected chi connectivity index (χ0v) is 12.7. The molecule has 1 aromatic rings. The topological polar surface area (TPSA) is 64.6 Å². The largest absolute Gasteiger partial charge is 0.493 e.